The van der Waals surface area contributed by atoms with Gasteiger partial charge in [0.15, 0.2) is 6.61 Å². The van der Waals surface area contributed by atoms with Crippen molar-refractivity contribution < 1.29 is 9.53 Å². The second-order valence-electron chi connectivity index (χ2n) is 5.50. The van der Waals surface area contributed by atoms with Gasteiger partial charge in [-0.05, 0) is 17.9 Å². The van der Waals surface area contributed by atoms with Crippen molar-refractivity contribution >= 4 is 17.3 Å². The Balaban J connectivity index is 1.89. The van der Waals surface area contributed by atoms with Crippen molar-refractivity contribution in [2.75, 3.05) is 6.61 Å². The maximum Gasteiger partial charge on any atom is 0.312 e. The van der Waals surface area contributed by atoms with E-state index in [1.54, 1.807) is 11.3 Å². The van der Waals surface area contributed by atoms with Gasteiger partial charge in [0, 0.05) is 11.3 Å². The second-order valence-corrected chi connectivity index (χ2v) is 6.53. The Morgan fingerprint density at radius 3 is 2.50 bits per heavy atom. The van der Waals surface area contributed by atoms with Gasteiger partial charge in [0.1, 0.15) is 0 Å². The SMILES string of the molecule is CCCCCCCCCCC#CCOC(=O)Cc1cccs1. The summed E-state index contributed by atoms with van der Waals surface area (Å²) in [6, 6.07) is 3.89. The molecule has 122 valence electrons. The Kier molecular flexibility index (Phi) is 11.4. The molecule has 3 heteroatoms. The van der Waals surface area contributed by atoms with E-state index >= 15 is 0 Å². The van der Waals surface area contributed by atoms with Gasteiger partial charge in [0.25, 0.3) is 0 Å². The third-order valence-corrected chi connectivity index (χ3v) is 4.36. The van der Waals surface area contributed by atoms with Crippen molar-refractivity contribution in [1.29, 1.82) is 0 Å². The van der Waals surface area contributed by atoms with E-state index in [9.17, 15) is 4.79 Å². The van der Waals surface area contributed by atoms with E-state index in [1.165, 1.54) is 44.9 Å². The Bertz CT molecular complexity index is 440. The van der Waals surface area contributed by atoms with E-state index in [0.29, 0.717) is 6.42 Å². The molecule has 0 aliphatic carbocycles. The van der Waals surface area contributed by atoms with Crippen LogP contribution in [0.5, 0.6) is 0 Å². The first-order valence-corrected chi connectivity index (χ1v) is 9.34. The number of esters is 1. The first-order chi connectivity index (χ1) is 10.8. The van der Waals surface area contributed by atoms with E-state index < -0.39 is 0 Å². The number of rotatable bonds is 11. The Hall–Kier alpha value is -1.27. The van der Waals surface area contributed by atoms with Gasteiger partial charge in [0.2, 0.25) is 0 Å². The summed E-state index contributed by atoms with van der Waals surface area (Å²) < 4.78 is 5.09. The van der Waals surface area contributed by atoms with Gasteiger partial charge < -0.3 is 4.74 Å². The zero-order valence-electron chi connectivity index (χ0n) is 13.7. The number of hydrogen-bond donors (Lipinski definition) is 0. The molecule has 0 fully saturated rings. The molecule has 0 aliphatic heterocycles. The van der Waals surface area contributed by atoms with Gasteiger partial charge in [-0.15, -0.1) is 11.3 Å². The molecular formula is C19H28O2S. The molecule has 0 unspecified atom stereocenters. The van der Waals surface area contributed by atoms with Crippen molar-refractivity contribution in [2.45, 2.75) is 71.1 Å². The average molecular weight is 320 g/mol. The van der Waals surface area contributed by atoms with Crippen molar-refractivity contribution in [3.63, 3.8) is 0 Å². The van der Waals surface area contributed by atoms with Crippen LogP contribution in [0.25, 0.3) is 0 Å². The van der Waals surface area contributed by atoms with Crippen LogP contribution < -0.4 is 0 Å². The highest BCUT2D eigenvalue weighted by Crippen LogP contribution is 2.10. The Labute approximate surface area is 139 Å². The maximum atomic E-state index is 11.5. The fraction of sp³-hybridized carbons (Fsp3) is 0.632. The largest absolute Gasteiger partial charge is 0.452 e. The maximum absolute atomic E-state index is 11.5. The summed E-state index contributed by atoms with van der Waals surface area (Å²) in [4.78, 5) is 12.5. The summed E-state index contributed by atoms with van der Waals surface area (Å²) in [6.07, 6.45) is 11.8. The van der Waals surface area contributed by atoms with Gasteiger partial charge in [-0.3, -0.25) is 4.79 Å². The molecule has 0 saturated carbocycles. The lowest BCUT2D eigenvalue weighted by atomic mass is 10.1. The van der Waals surface area contributed by atoms with Crippen LogP contribution in [0.1, 0.15) is 69.6 Å². The summed E-state index contributed by atoms with van der Waals surface area (Å²) >= 11 is 1.58. The first kappa shape index (κ1) is 18.8. The van der Waals surface area contributed by atoms with Crippen LogP contribution in [0.3, 0.4) is 0 Å². The summed E-state index contributed by atoms with van der Waals surface area (Å²) in [7, 11) is 0. The quantitative estimate of drug-likeness (QED) is 0.311. The monoisotopic (exact) mass is 320 g/mol. The fourth-order valence-electron chi connectivity index (χ4n) is 2.21. The van der Waals surface area contributed by atoms with Crippen LogP contribution in [0.15, 0.2) is 17.5 Å². The van der Waals surface area contributed by atoms with Crippen LogP contribution >= 0.6 is 11.3 Å². The number of thiophene rings is 1. The third kappa shape index (κ3) is 10.5. The van der Waals surface area contributed by atoms with Gasteiger partial charge in [0.05, 0.1) is 6.42 Å². The Morgan fingerprint density at radius 2 is 1.82 bits per heavy atom. The normalized spacial score (nSPS) is 10.0. The zero-order chi connectivity index (χ0) is 15.9. The number of carbonyl (C=O) groups excluding carboxylic acids is 1. The van der Waals surface area contributed by atoms with E-state index in [0.717, 1.165) is 17.7 Å². The second kappa shape index (κ2) is 13.4. The van der Waals surface area contributed by atoms with Gasteiger partial charge in [-0.1, -0.05) is 69.8 Å². The third-order valence-electron chi connectivity index (χ3n) is 3.48. The molecule has 1 rings (SSSR count). The van der Waals surface area contributed by atoms with Crippen molar-refractivity contribution in [3.8, 4) is 11.8 Å². The lowest BCUT2D eigenvalue weighted by Gasteiger charge is -1.99. The minimum absolute atomic E-state index is 0.191. The van der Waals surface area contributed by atoms with Gasteiger partial charge >= 0.3 is 5.97 Å². The molecule has 0 atom stereocenters. The Morgan fingerprint density at radius 1 is 1.09 bits per heavy atom. The van der Waals surface area contributed by atoms with E-state index in [4.69, 9.17) is 4.74 Å². The first-order valence-electron chi connectivity index (χ1n) is 8.46. The average Bonchev–Trinajstić information content (AvgIpc) is 3.01. The topological polar surface area (TPSA) is 26.3 Å². The minimum Gasteiger partial charge on any atom is -0.452 e. The molecule has 0 N–H and O–H groups in total. The van der Waals surface area contributed by atoms with E-state index in [2.05, 4.69) is 18.8 Å². The number of ether oxygens (including phenoxy) is 1. The van der Waals surface area contributed by atoms with Crippen LogP contribution in [0.2, 0.25) is 0 Å². The van der Waals surface area contributed by atoms with Gasteiger partial charge in [-0.25, -0.2) is 0 Å². The summed E-state index contributed by atoms with van der Waals surface area (Å²) in [5, 5.41) is 1.96. The predicted octanol–water partition coefficient (Wildman–Crippen LogP) is 5.37. The minimum atomic E-state index is -0.191. The molecule has 22 heavy (non-hydrogen) atoms. The number of hydrogen-bond acceptors (Lipinski definition) is 3. The van der Waals surface area contributed by atoms with E-state index in [1.807, 2.05) is 17.5 Å². The van der Waals surface area contributed by atoms with Crippen LogP contribution in [-0.2, 0) is 16.0 Å². The molecule has 1 aromatic rings. The molecule has 0 bridgehead atoms. The van der Waals surface area contributed by atoms with Crippen LogP contribution in [0, 0.1) is 11.8 Å². The standard InChI is InChI=1S/C19H28O2S/c1-2-3-4-5-6-7-8-9-10-11-12-15-21-19(20)17-18-14-13-16-22-18/h13-14,16H,2-10,15,17H2,1H3. The number of carbonyl (C=O) groups is 1. The molecule has 0 saturated heterocycles. The number of unbranched alkanes of at least 4 members (excludes halogenated alkanes) is 8. The molecule has 0 spiro atoms. The molecule has 1 heterocycles. The highest BCUT2D eigenvalue weighted by Gasteiger charge is 2.03. The smallest absolute Gasteiger partial charge is 0.312 e. The molecule has 2 nitrogen and oxygen atoms in total. The van der Waals surface area contributed by atoms with Crippen LogP contribution in [0.4, 0.5) is 0 Å². The summed E-state index contributed by atoms with van der Waals surface area (Å²) in [5.74, 6) is 5.82. The molecule has 1 aromatic heterocycles. The predicted molar refractivity (Wildman–Crippen MR) is 94.0 cm³/mol. The lowest BCUT2D eigenvalue weighted by molar-refractivity contribution is -0.141. The van der Waals surface area contributed by atoms with Crippen molar-refractivity contribution in [1.82, 2.24) is 0 Å². The lowest BCUT2D eigenvalue weighted by Crippen LogP contribution is -2.07. The highest BCUT2D eigenvalue weighted by molar-refractivity contribution is 7.10. The van der Waals surface area contributed by atoms with Crippen molar-refractivity contribution in [3.05, 3.63) is 22.4 Å². The molecule has 0 radical (unpaired) electrons. The summed E-state index contributed by atoms with van der Waals surface area (Å²) in [6.45, 7) is 2.47. The zero-order valence-corrected chi connectivity index (χ0v) is 14.6. The molecule has 0 aliphatic rings. The van der Waals surface area contributed by atoms with Crippen LogP contribution in [-0.4, -0.2) is 12.6 Å². The van der Waals surface area contributed by atoms with Crippen molar-refractivity contribution in [2.24, 2.45) is 0 Å². The highest BCUT2D eigenvalue weighted by atomic mass is 32.1. The molecule has 0 amide bonds. The molecular weight excluding hydrogens is 292 g/mol. The van der Waals surface area contributed by atoms with Gasteiger partial charge in [-0.2, -0.15) is 0 Å². The molecule has 0 aromatic carbocycles. The van der Waals surface area contributed by atoms with E-state index in [-0.39, 0.29) is 12.6 Å². The fourth-order valence-corrected chi connectivity index (χ4v) is 2.90. The summed E-state index contributed by atoms with van der Waals surface area (Å²) in [5.41, 5.74) is 0.